The van der Waals surface area contributed by atoms with Crippen LogP contribution in [-0.4, -0.2) is 24.5 Å². The minimum atomic E-state index is 0.711. The first-order valence-corrected chi connectivity index (χ1v) is 4.81. The molecule has 2 unspecified atom stereocenters. The predicted molar refractivity (Wildman–Crippen MR) is 49.7 cm³/mol. The maximum atomic E-state index is 8.45. The standard InChI is InChI=1S/C10H18N2/c1-9-8-10(4-3-6-11)5-7-12(9)2/h9-10H,3-5,7-8H2,1-2H3. The van der Waals surface area contributed by atoms with Gasteiger partial charge in [-0.3, -0.25) is 0 Å². The van der Waals surface area contributed by atoms with Crippen LogP contribution in [-0.2, 0) is 0 Å². The zero-order chi connectivity index (χ0) is 8.97. The highest BCUT2D eigenvalue weighted by Gasteiger charge is 2.21. The Morgan fingerprint density at radius 2 is 2.33 bits per heavy atom. The molecule has 2 atom stereocenters. The van der Waals surface area contributed by atoms with E-state index in [1.54, 1.807) is 0 Å². The normalized spacial score (nSPS) is 31.4. The van der Waals surface area contributed by atoms with Gasteiger partial charge in [0.2, 0.25) is 0 Å². The SMILES string of the molecule is CC1CC(CCC#N)CCN1C. The molecule has 0 radical (unpaired) electrons. The van der Waals surface area contributed by atoms with Crippen LogP contribution < -0.4 is 0 Å². The molecule has 0 aromatic rings. The molecule has 12 heavy (non-hydrogen) atoms. The van der Waals surface area contributed by atoms with Crippen LogP contribution in [0.4, 0.5) is 0 Å². The lowest BCUT2D eigenvalue weighted by Crippen LogP contribution is -2.37. The summed E-state index contributed by atoms with van der Waals surface area (Å²) in [5, 5.41) is 8.45. The van der Waals surface area contributed by atoms with E-state index >= 15 is 0 Å². The Labute approximate surface area is 75.2 Å². The van der Waals surface area contributed by atoms with Gasteiger partial charge in [-0.2, -0.15) is 5.26 Å². The van der Waals surface area contributed by atoms with E-state index in [1.807, 2.05) is 0 Å². The molecule has 1 aliphatic rings. The Balaban J connectivity index is 2.26. The summed E-state index contributed by atoms with van der Waals surface area (Å²) in [6, 6.07) is 2.94. The van der Waals surface area contributed by atoms with Crippen molar-refractivity contribution in [3.05, 3.63) is 0 Å². The molecule has 0 N–H and O–H groups in total. The molecule has 2 heteroatoms. The van der Waals surface area contributed by atoms with Gasteiger partial charge in [-0.15, -0.1) is 0 Å². The lowest BCUT2D eigenvalue weighted by molar-refractivity contribution is 0.150. The van der Waals surface area contributed by atoms with Crippen LogP contribution in [0, 0.1) is 17.2 Å². The second-order valence-corrected chi connectivity index (χ2v) is 3.92. The van der Waals surface area contributed by atoms with E-state index in [1.165, 1.54) is 19.4 Å². The molecule has 1 saturated heterocycles. The van der Waals surface area contributed by atoms with Crippen molar-refractivity contribution in [3.63, 3.8) is 0 Å². The minimum absolute atomic E-state index is 0.711. The Bertz CT molecular complexity index is 171. The zero-order valence-electron chi connectivity index (χ0n) is 8.08. The minimum Gasteiger partial charge on any atom is -0.304 e. The van der Waals surface area contributed by atoms with Crippen molar-refractivity contribution in [3.8, 4) is 6.07 Å². The maximum absolute atomic E-state index is 8.45. The van der Waals surface area contributed by atoms with Crippen molar-refractivity contribution in [1.29, 1.82) is 5.26 Å². The molecule has 0 aromatic carbocycles. The molecule has 1 heterocycles. The highest BCUT2D eigenvalue weighted by molar-refractivity contribution is 4.79. The Morgan fingerprint density at radius 3 is 2.92 bits per heavy atom. The van der Waals surface area contributed by atoms with Gasteiger partial charge in [-0.05, 0) is 45.7 Å². The molecule has 0 spiro atoms. The fourth-order valence-electron chi connectivity index (χ4n) is 1.92. The van der Waals surface area contributed by atoms with Crippen LogP contribution in [0.15, 0.2) is 0 Å². The van der Waals surface area contributed by atoms with E-state index in [0.29, 0.717) is 6.04 Å². The van der Waals surface area contributed by atoms with Gasteiger partial charge in [-0.25, -0.2) is 0 Å². The number of likely N-dealkylation sites (tertiary alicyclic amines) is 1. The number of nitrogens with zero attached hydrogens (tertiary/aromatic N) is 2. The molecular formula is C10H18N2. The largest absolute Gasteiger partial charge is 0.304 e. The summed E-state index contributed by atoms with van der Waals surface area (Å²) < 4.78 is 0. The monoisotopic (exact) mass is 166 g/mol. The zero-order valence-corrected chi connectivity index (χ0v) is 8.08. The van der Waals surface area contributed by atoms with E-state index in [4.69, 9.17) is 5.26 Å². The summed E-state index contributed by atoms with van der Waals surface area (Å²) in [7, 11) is 2.19. The molecule has 2 nitrogen and oxygen atoms in total. The van der Waals surface area contributed by atoms with Crippen LogP contribution in [0.3, 0.4) is 0 Å². The van der Waals surface area contributed by atoms with E-state index < -0.39 is 0 Å². The van der Waals surface area contributed by atoms with Gasteiger partial charge in [0.25, 0.3) is 0 Å². The number of hydrogen-bond donors (Lipinski definition) is 0. The fraction of sp³-hybridized carbons (Fsp3) is 0.900. The van der Waals surface area contributed by atoms with Gasteiger partial charge in [0, 0.05) is 12.5 Å². The molecule has 0 aromatic heterocycles. The average Bonchev–Trinajstić information content (AvgIpc) is 2.07. The lowest BCUT2D eigenvalue weighted by Gasteiger charge is -2.34. The number of nitriles is 1. The van der Waals surface area contributed by atoms with Crippen LogP contribution in [0.2, 0.25) is 0 Å². The molecule has 1 fully saturated rings. The lowest BCUT2D eigenvalue weighted by atomic mass is 9.88. The average molecular weight is 166 g/mol. The quantitative estimate of drug-likeness (QED) is 0.627. The van der Waals surface area contributed by atoms with Crippen LogP contribution in [0.25, 0.3) is 0 Å². The van der Waals surface area contributed by atoms with Crippen molar-refractivity contribution < 1.29 is 0 Å². The number of piperidine rings is 1. The molecule has 1 aliphatic heterocycles. The van der Waals surface area contributed by atoms with Gasteiger partial charge in [0.15, 0.2) is 0 Å². The van der Waals surface area contributed by atoms with E-state index in [2.05, 4.69) is 24.9 Å². The van der Waals surface area contributed by atoms with Crippen molar-refractivity contribution in [2.75, 3.05) is 13.6 Å². The maximum Gasteiger partial charge on any atom is 0.0621 e. The molecule has 68 valence electrons. The molecule has 0 bridgehead atoms. The first-order valence-electron chi connectivity index (χ1n) is 4.81. The molecule has 0 aliphatic carbocycles. The molecule has 0 saturated carbocycles. The van der Waals surface area contributed by atoms with Crippen molar-refractivity contribution in [2.24, 2.45) is 5.92 Å². The highest BCUT2D eigenvalue weighted by Crippen LogP contribution is 2.24. The summed E-state index contributed by atoms with van der Waals surface area (Å²) in [5.74, 6) is 0.802. The van der Waals surface area contributed by atoms with Crippen molar-refractivity contribution >= 4 is 0 Å². The van der Waals surface area contributed by atoms with Gasteiger partial charge in [-0.1, -0.05) is 0 Å². The second kappa shape index (κ2) is 4.47. The fourth-order valence-corrected chi connectivity index (χ4v) is 1.92. The van der Waals surface area contributed by atoms with E-state index in [9.17, 15) is 0 Å². The van der Waals surface area contributed by atoms with Gasteiger partial charge in [0.05, 0.1) is 6.07 Å². The first kappa shape index (κ1) is 9.54. The third-order valence-electron chi connectivity index (χ3n) is 2.98. The summed E-state index contributed by atoms with van der Waals surface area (Å²) in [5.41, 5.74) is 0. The van der Waals surface area contributed by atoms with E-state index in [0.717, 1.165) is 18.8 Å². The predicted octanol–water partition coefficient (Wildman–Crippen LogP) is 2.02. The summed E-state index contributed by atoms with van der Waals surface area (Å²) in [4.78, 5) is 2.41. The van der Waals surface area contributed by atoms with Gasteiger partial charge >= 0.3 is 0 Å². The van der Waals surface area contributed by atoms with Crippen molar-refractivity contribution in [1.82, 2.24) is 4.90 Å². The van der Waals surface area contributed by atoms with Crippen LogP contribution in [0.5, 0.6) is 0 Å². The van der Waals surface area contributed by atoms with Gasteiger partial charge in [0.1, 0.15) is 0 Å². The number of rotatable bonds is 2. The van der Waals surface area contributed by atoms with Crippen LogP contribution >= 0.6 is 0 Å². The third-order valence-corrected chi connectivity index (χ3v) is 2.98. The third kappa shape index (κ3) is 2.49. The topological polar surface area (TPSA) is 27.0 Å². The Hall–Kier alpha value is -0.550. The van der Waals surface area contributed by atoms with E-state index in [-0.39, 0.29) is 0 Å². The van der Waals surface area contributed by atoms with Crippen LogP contribution in [0.1, 0.15) is 32.6 Å². The van der Waals surface area contributed by atoms with Gasteiger partial charge < -0.3 is 4.90 Å². The Morgan fingerprint density at radius 1 is 1.58 bits per heavy atom. The molecule has 0 amide bonds. The highest BCUT2D eigenvalue weighted by atomic mass is 15.1. The summed E-state index contributed by atoms with van der Waals surface area (Å²) in [6.07, 6.45) is 4.40. The van der Waals surface area contributed by atoms with Crippen molar-refractivity contribution in [2.45, 2.75) is 38.6 Å². The molecule has 1 rings (SSSR count). The summed E-state index contributed by atoms with van der Waals surface area (Å²) >= 11 is 0. The Kier molecular flexibility index (Phi) is 3.55. The smallest absolute Gasteiger partial charge is 0.0621 e. The molecular weight excluding hydrogens is 148 g/mol. The summed E-state index contributed by atoms with van der Waals surface area (Å²) in [6.45, 7) is 3.48. The number of hydrogen-bond acceptors (Lipinski definition) is 2. The second-order valence-electron chi connectivity index (χ2n) is 3.92. The first-order chi connectivity index (χ1) is 5.74.